The molecule has 0 spiro atoms. The van der Waals surface area contributed by atoms with E-state index in [2.05, 4.69) is 16.7 Å². The first kappa shape index (κ1) is 39.1. The molecule has 3 rings (SSSR count). The molecule has 0 bridgehead atoms. The van der Waals surface area contributed by atoms with Crippen molar-refractivity contribution in [2.75, 3.05) is 66.4 Å². The summed E-state index contributed by atoms with van der Waals surface area (Å²) in [6, 6.07) is 4.97. The van der Waals surface area contributed by atoms with Crippen molar-refractivity contribution in [3.63, 3.8) is 0 Å². The molecule has 1 aromatic rings. The zero-order valence-electron chi connectivity index (χ0n) is 28.9. The monoisotopic (exact) mass is 678 g/mol. The van der Waals surface area contributed by atoms with Crippen molar-refractivity contribution in [3.8, 4) is 0 Å². The number of carboxylic acid groups (broad SMARTS) is 1. The largest absolute Gasteiger partial charge is 0.465 e. The van der Waals surface area contributed by atoms with Gasteiger partial charge < -0.3 is 44.7 Å². The number of benzene rings is 1. The van der Waals surface area contributed by atoms with Crippen LogP contribution in [0, 0.1) is 5.41 Å². The van der Waals surface area contributed by atoms with Gasteiger partial charge in [-0.2, -0.15) is 0 Å². The van der Waals surface area contributed by atoms with Gasteiger partial charge >= 0.3 is 6.09 Å². The van der Waals surface area contributed by atoms with E-state index >= 15 is 0 Å². The van der Waals surface area contributed by atoms with E-state index in [0.29, 0.717) is 33.0 Å². The average Bonchev–Trinajstić information content (AvgIpc) is 3.49. The van der Waals surface area contributed by atoms with Crippen molar-refractivity contribution in [1.29, 1.82) is 0 Å². The lowest BCUT2D eigenvalue weighted by Crippen LogP contribution is -2.60. The summed E-state index contributed by atoms with van der Waals surface area (Å²) in [5.41, 5.74) is 1.53. The van der Waals surface area contributed by atoms with Gasteiger partial charge in [0.1, 0.15) is 18.1 Å². The van der Waals surface area contributed by atoms with E-state index in [1.54, 1.807) is 0 Å². The van der Waals surface area contributed by atoms with Gasteiger partial charge in [-0.1, -0.05) is 45.0 Å². The topological polar surface area (TPSA) is 176 Å². The highest BCUT2D eigenvalue weighted by Crippen LogP contribution is 2.31. The molecule has 1 aliphatic heterocycles. The lowest BCUT2D eigenvalue weighted by molar-refractivity contribution is -0.144. The molecule has 1 aromatic carbocycles. The molecule has 0 saturated carbocycles. The first-order valence-corrected chi connectivity index (χ1v) is 16.8. The number of likely N-dealkylation sites (tertiary alicyclic amines) is 1. The van der Waals surface area contributed by atoms with E-state index in [-0.39, 0.29) is 44.7 Å². The van der Waals surface area contributed by atoms with Gasteiger partial charge in [0, 0.05) is 20.0 Å². The number of nitrogens with one attached hydrogen (secondary N) is 2. The fourth-order valence-electron chi connectivity index (χ4n) is 5.88. The number of likely N-dealkylation sites (N-methyl/N-ethyl adjacent to an activating group) is 1. The van der Waals surface area contributed by atoms with Crippen molar-refractivity contribution in [3.05, 3.63) is 35.4 Å². The van der Waals surface area contributed by atoms with Gasteiger partial charge in [0.2, 0.25) is 17.7 Å². The Hall–Kier alpha value is -3.30. The van der Waals surface area contributed by atoms with Crippen LogP contribution in [0.2, 0.25) is 0 Å². The summed E-state index contributed by atoms with van der Waals surface area (Å²) in [5, 5.41) is 24.0. The van der Waals surface area contributed by atoms with Crippen LogP contribution in [0.3, 0.4) is 0 Å². The normalized spacial score (nSPS) is 20.5. The molecule has 4 N–H and O–H groups in total. The highest BCUT2D eigenvalue weighted by molar-refractivity contribution is 5.94. The number of nitrogens with zero attached hydrogens (tertiary/aromatic N) is 2. The zero-order valence-corrected chi connectivity index (χ0v) is 28.9. The number of ether oxygens (including phenoxy) is 4. The first-order valence-electron chi connectivity index (χ1n) is 16.8. The third-order valence-electron chi connectivity index (χ3n) is 8.76. The SMILES string of the molecule is CC(C(=O)NC(C(=O)N1C[C@@H](OCCOCCOCCOCCO)C[C@H]1C(=O)N[C@@H]1CCCc2ccccc21)C(C)(C)C)N(C)C(=O)O. The lowest BCUT2D eigenvalue weighted by Gasteiger charge is -2.37. The van der Waals surface area contributed by atoms with Gasteiger partial charge in [-0.15, -0.1) is 0 Å². The summed E-state index contributed by atoms with van der Waals surface area (Å²) in [6.07, 6.45) is 1.23. The fourth-order valence-corrected chi connectivity index (χ4v) is 5.88. The number of aryl methyl sites for hydroxylation is 1. The number of hydrogen-bond donors (Lipinski definition) is 4. The molecule has 1 saturated heterocycles. The number of aliphatic hydroxyl groups excluding tert-OH is 1. The second-order valence-electron chi connectivity index (χ2n) is 13.3. The van der Waals surface area contributed by atoms with Crippen LogP contribution in [0.4, 0.5) is 4.79 Å². The second-order valence-corrected chi connectivity index (χ2v) is 13.3. The maximum atomic E-state index is 14.3. The van der Waals surface area contributed by atoms with Crippen LogP contribution >= 0.6 is 0 Å². The predicted octanol–water partition coefficient (Wildman–Crippen LogP) is 1.74. The quantitative estimate of drug-likeness (QED) is 0.167. The highest BCUT2D eigenvalue weighted by Gasteiger charge is 2.46. The first-order chi connectivity index (χ1) is 22.8. The molecule has 1 heterocycles. The molecule has 2 unspecified atom stereocenters. The Morgan fingerprint density at radius 2 is 1.62 bits per heavy atom. The van der Waals surface area contributed by atoms with Crippen LogP contribution in [0.5, 0.6) is 0 Å². The number of aliphatic hydroxyl groups is 1. The molecule has 1 aliphatic carbocycles. The van der Waals surface area contributed by atoms with Crippen molar-refractivity contribution in [1.82, 2.24) is 20.4 Å². The van der Waals surface area contributed by atoms with Crippen molar-refractivity contribution < 1.29 is 48.3 Å². The summed E-state index contributed by atoms with van der Waals surface area (Å²) in [7, 11) is 1.29. The Morgan fingerprint density at radius 3 is 2.25 bits per heavy atom. The summed E-state index contributed by atoms with van der Waals surface area (Å²) >= 11 is 0. The van der Waals surface area contributed by atoms with Gasteiger partial charge in [0.25, 0.3) is 0 Å². The molecular formula is C34H54N4O10. The van der Waals surface area contributed by atoms with Crippen LogP contribution in [0.25, 0.3) is 0 Å². The van der Waals surface area contributed by atoms with Crippen LogP contribution in [-0.4, -0.2) is 135 Å². The maximum absolute atomic E-state index is 14.3. The van der Waals surface area contributed by atoms with Crippen molar-refractivity contribution in [2.24, 2.45) is 5.41 Å². The number of carbonyl (C=O) groups excluding carboxylic acids is 3. The van der Waals surface area contributed by atoms with Gasteiger partial charge in [-0.25, -0.2) is 4.79 Å². The highest BCUT2D eigenvalue weighted by atomic mass is 16.6. The van der Waals surface area contributed by atoms with Gasteiger partial charge in [0.05, 0.1) is 65.0 Å². The summed E-state index contributed by atoms with van der Waals surface area (Å²) in [6.45, 7) is 9.31. The molecule has 1 fully saturated rings. The van der Waals surface area contributed by atoms with Gasteiger partial charge in [-0.3, -0.25) is 19.3 Å². The number of hydrogen-bond acceptors (Lipinski definition) is 9. The van der Waals surface area contributed by atoms with Gasteiger partial charge in [-0.05, 0) is 42.7 Å². The molecule has 14 heteroatoms. The van der Waals surface area contributed by atoms with E-state index in [0.717, 1.165) is 29.7 Å². The molecule has 5 atom stereocenters. The van der Waals surface area contributed by atoms with E-state index in [9.17, 15) is 24.3 Å². The predicted molar refractivity (Wildman–Crippen MR) is 176 cm³/mol. The number of carbonyl (C=O) groups is 4. The fraction of sp³-hybridized carbons (Fsp3) is 0.706. The Balaban J connectivity index is 1.68. The van der Waals surface area contributed by atoms with Crippen LogP contribution in [-0.2, 0) is 39.8 Å². The summed E-state index contributed by atoms with van der Waals surface area (Å²) in [4.78, 5) is 55.1. The Kier molecular flexibility index (Phi) is 15.5. The Labute approximate surface area is 283 Å². The number of amides is 4. The Morgan fingerprint density at radius 1 is 1.00 bits per heavy atom. The summed E-state index contributed by atoms with van der Waals surface area (Å²) < 4.78 is 22.2. The third kappa shape index (κ3) is 11.4. The van der Waals surface area contributed by atoms with Crippen molar-refractivity contribution >= 4 is 23.8 Å². The third-order valence-corrected chi connectivity index (χ3v) is 8.76. The van der Waals surface area contributed by atoms with Crippen LogP contribution in [0.15, 0.2) is 24.3 Å². The Bertz CT molecular complexity index is 1210. The van der Waals surface area contributed by atoms with E-state index < -0.39 is 47.6 Å². The molecule has 14 nitrogen and oxygen atoms in total. The smallest absolute Gasteiger partial charge is 0.407 e. The van der Waals surface area contributed by atoms with Crippen LogP contribution in [0.1, 0.15) is 64.1 Å². The molecule has 2 aliphatic rings. The van der Waals surface area contributed by atoms with Crippen LogP contribution < -0.4 is 10.6 Å². The van der Waals surface area contributed by atoms with E-state index in [1.165, 1.54) is 24.4 Å². The molecule has 48 heavy (non-hydrogen) atoms. The summed E-state index contributed by atoms with van der Waals surface area (Å²) in [5.74, 6) is -1.34. The molecule has 0 radical (unpaired) electrons. The molecular weight excluding hydrogens is 624 g/mol. The number of rotatable bonds is 18. The van der Waals surface area contributed by atoms with Crippen molar-refractivity contribution in [2.45, 2.75) is 83.6 Å². The minimum Gasteiger partial charge on any atom is -0.465 e. The molecule has 4 amide bonds. The standard InChI is InChI=1S/C34H54N4O10/c1-23(37(5)33(43)44)30(40)36-29(34(2,3)4)32(42)38-22-25(48-20-19-47-18-17-46-16-15-45-14-13-39)21-28(38)31(41)35-27-12-8-10-24-9-6-7-11-26(24)27/h6-7,9,11,23,25,27-29,39H,8,10,12-22H2,1-5H3,(H,35,41)(H,36,40)(H,43,44)/t23?,25-,27+,28-,29?/m0/s1. The minimum absolute atomic E-state index is 0.0318. The second kappa shape index (κ2) is 19.0. The lowest BCUT2D eigenvalue weighted by atomic mass is 9.85. The maximum Gasteiger partial charge on any atom is 0.407 e. The minimum atomic E-state index is -1.27. The average molecular weight is 679 g/mol. The van der Waals surface area contributed by atoms with E-state index in [4.69, 9.17) is 24.1 Å². The molecule has 0 aromatic heterocycles. The molecule has 270 valence electrons. The zero-order chi connectivity index (χ0) is 35.3. The van der Waals surface area contributed by atoms with E-state index in [1.807, 2.05) is 39.0 Å². The number of fused-ring (bicyclic) bond motifs is 1. The van der Waals surface area contributed by atoms with Gasteiger partial charge in [0.15, 0.2) is 0 Å².